The maximum Gasteiger partial charge on any atom is 0.281 e. The zero-order chi connectivity index (χ0) is 18.0. The number of hydrogen-bond acceptors (Lipinski definition) is 5. The average Bonchev–Trinajstić information content (AvgIpc) is 3.37. The fraction of sp³-hybridized carbons (Fsp3) is 0.250. The second-order valence-corrected chi connectivity index (χ2v) is 6.92. The number of rotatable bonds is 2. The fourth-order valence-electron chi connectivity index (χ4n) is 3.72. The Labute approximate surface area is 149 Å². The Morgan fingerprint density at radius 1 is 1.19 bits per heavy atom. The van der Waals surface area contributed by atoms with E-state index in [1.807, 2.05) is 29.7 Å². The molecule has 4 aromatic rings. The highest BCUT2D eigenvalue weighted by molar-refractivity contribution is 6.04. The van der Waals surface area contributed by atoms with Gasteiger partial charge in [-0.1, -0.05) is 6.07 Å². The van der Waals surface area contributed by atoms with Crippen LogP contribution in [0.1, 0.15) is 30.3 Å². The van der Waals surface area contributed by atoms with Crippen LogP contribution in [0.25, 0.3) is 33.1 Å². The Morgan fingerprint density at radius 3 is 2.69 bits per heavy atom. The summed E-state index contributed by atoms with van der Waals surface area (Å²) in [6.45, 7) is 3.81. The second kappa shape index (κ2) is 5.17. The van der Waals surface area contributed by atoms with E-state index in [1.165, 1.54) is 0 Å². The van der Waals surface area contributed by atoms with Gasteiger partial charge in [0.2, 0.25) is 0 Å². The van der Waals surface area contributed by atoms with Gasteiger partial charge < -0.3 is 14.7 Å². The van der Waals surface area contributed by atoms with E-state index in [0.717, 1.165) is 40.4 Å². The maximum absolute atomic E-state index is 13.1. The van der Waals surface area contributed by atoms with E-state index in [1.54, 1.807) is 19.2 Å². The van der Waals surface area contributed by atoms with Crippen molar-refractivity contribution in [1.29, 1.82) is 0 Å². The number of fused-ring (bicyclic) bond motifs is 3. The van der Waals surface area contributed by atoms with Gasteiger partial charge >= 0.3 is 0 Å². The molecule has 1 saturated carbocycles. The molecule has 26 heavy (non-hydrogen) atoms. The van der Waals surface area contributed by atoms with Crippen molar-refractivity contribution in [3.05, 3.63) is 52.3 Å². The number of nitrogen functional groups attached to an aromatic ring is 1. The largest absolute Gasteiger partial charge is 0.440 e. The first-order chi connectivity index (χ1) is 12.5. The van der Waals surface area contributed by atoms with Crippen molar-refractivity contribution in [2.75, 3.05) is 5.73 Å². The van der Waals surface area contributed by atoms with Crippen molar-refractivity contribution >= 4 is 27.8 Å². The third-order valence-corrected chi connectivity index (χ3v) is 5.08. The molecule has 6 heteroatoms. The summed E-state index contributed by atoms with van der Waals surface area (Å²) < 4.78 is 7.69. The summed E-state index contributed by atoms with van der Waals surface area (Å²) in [6.07, 6.45) is 3.80. The first-order valence-electron chi connectivity index (χ1n) is 8.71. The molecule has 3 heterocycles. The Bertz CT molecular complexity index is 1230. The normalized spacial score (nSPS) is 14.4. The summed E-state index contributed by atoms with van der Waals surface area (Å²) in [7, 11) is 0. The molecule has 130 valence electrons. The highest BCUT2D eigenvalue weighted by Gasteiger charge is 2.30. The molecule has 3 aromatic heterocycles. The van der Waals surface area contributed by atoms with E-state index in [0.29, 0.717) is 22.8 Å². The molecule has 0 saturated heterocycles. The summed E-state index contributed by atoms with van der Waals surface area (Å²) in [5.74, 6) is 0.998. The Hall–Kier alpha value is -3.15. The SMILES string of the molecule is Cc1nc2c(=O)n(C3CC3)c3c(C)c(-c4ccc(N)nc4)ccc3c2o1. The molecule has 0 bridgehead atoms. The van der Waals surface area contributed by atoms with Crippen LogP contribution >= 0.6 is 0 Å². The molecule has 1 aliphatic carbocycles. The first-order valence-corrected chi connectivity index (χ1v) is 8.71. The molecule has 1 aliphatic rings. The van der Waals surface area contributed by atoms with E-state index >= 15 is 0 Å². The highest BCUT2D eigenvalue weighted by atomic mass is 16.3. The van der Waals surface area contributed by atoms with Gasteiger partial charge in [-0.15, -0.1) is 0 Å². The molecule has 1 fully saturated rings. The Morgan fingerprint density at radius 2 is 2.00 bits per heavy atom. The lowest BCUT2D eigenvalue weighted by Crippen LogP contribution is -2.20. The molecule has 0 spiro atoms. The molecule has 1 aromatic carbocycles. The summed E-state index contributed by atoms with van der Waals surface area (Å²) in [5, 5.41) is 0.928. The summed E-state index contributed by atoms with van der Waals surface area (Å²) in [4.78, 5) is 21.6. The monoisotopic (exact) mass is 346 g/mol. The van der Waals surface area contributed by atoms with Crippen molar-refractivity contribution in [3.63, 3.8) is 0 Å². The van der Waals surface area contributed by atoms with E-state index < -0.39 is 0 Å². The lowest BCUT2D eigenvalue weighted by molar-refractivity contribution is 0.563. The summed E-state index contributed by atoms with van der Waals surface area (Å²) in [5.41, 5.74) is 10.6. The summed E-state index contributed by atoms with van der Waals surface area (Å²) >= 11 is 0. The number of pyridine rings is 2. The smallest absolute Gasteiger partial charge is 0.281 e. The number of nitrogens with two attached hydrogens (primary N) is 1. The zero-order valence-electron chi connectivity index (χ0n) is 14.6. The number of aromatic nitrogens is 3. The van der Waals surface area contributed by atoms with Gasteiger partial charge in [0.15, 0.2) is 17.0 Å². The first kappa shape index (κ1) is 15.1. The van der Waals surface area contributed by atoms with Gasteiger partial charge in [-0.25, -0.2) is 9.97 Å². The van der Waals surface area contributed by atoms with E-state index in [4.69, 9.17) is 10.2 Å². The van der Waals surface area contributed by atoms with Crippen LogP contribution in [0, 0.1) is 13.8 Å². The molecule has 0 radical (unpaired) electrons. The number of aryl methyl sites for hydroxylation is 2. The Kier molecular flexibility index (Phi) is 3.01. The highest BCUT2D eigenvalue weighted by Crippen LogP contribution is 2.40. The standard InChI is InChI=1S/C20H18N4O2/c1-10-14(12-3-8-16(21)22-9-12)6-7-15-18(10)24(13-4-5-13)20(25)17-19(15)26-11(2)23-17/h3,6-9,13H,4-5H2,1-2H3,(H2,21,22). The lowest BCUT2D eigenvalue weighted by Gasteiger charge is -2.15. The number of benzene rings is 1. The number of oxazole rings is 1. The molecular weight excluding hydrogens is 328 g/mol. The van der Waals surface area contributed by atoms with Crippen LogP contribution in [0.4, 0.5) is 5.82 Å². The van der Waals surface area contributed by atoms with Crippen LogP contribution in [-0.2, 0) is 0 Å². The van der Waals surface area contributed by atoms with Crippen LogP contribution in [0.5, 0.6) is 0 Å². The second-order valence-electron chi connectivity index (χ2n) is 6.92. The predicted molar refractivity (Wildman–Crippen MR) is 101 cm³/mol. The minimum absolute atomic E-state index is 0.0671. The molecule has 5 rings (SSSR count). The number of hydrogen-bond donors (Lipinski definition) is 1. The average molecular weight is 346 g/mol. The minimum Gasteiger partial charge on any atom is -0.440 e. The topological polar surface area (TPSA) is 86.9 Å². The summed E-state index contributed by atoms with van der Waals surface area (Å²) in [6, 6.07) is 8.04. The lowest BCUT2D eigenvalue weighted by atomic mass is 9.98. The molecular formula is C20H18N4O2. The van der Waals surface area contributed by atoms with Gasteiger partial charge in [0.05, 0.1) is 5.52 Å². The van der Waals surface area contributed by atoms with Crippen LogP contribution in [0.2, 0.25) is 0 Å². The van der Waals surface area contributed by atoms with Crippen molar-refractivity contribution in [3.8, 4) is 11.1 Å². The molecule has 0 aliphatic heterocycles. The van der Waals surface area contributed by atoms with Crippen LogP contribution in [0.3, 0.4) is 0 Å². The van der Waals surface area contributed by atoms with E-state index in [2.05, 4.69) is 9.97 Å². The maximum atomic E-state index is 13.1. The van der Waals surface area contributed by atoms with Gasteiger partial charge in [-0.05, 0) is 49.1 Å². The van der Waals surface area contributed by atoms with Gasteiger partial charge in [0.25, 0.3) is 5.56 Å². The molecule has 0 amide bonds. The zero-order valence-corrected chi connectivity index (χ0v) is 14.6. The van der Waals surface area contributed by atoms with Crippen molar-refractivity contribution in [2.24, 2.45) is 0 Å². The molecule has 6 nitrogen and oxygen atoms in total. The molecule has 2 N–H and O–H groups in total. The van der Waals surface area contributed by atoms with E-state index in [9.17, 15) is 4.79 Å². The van der Waals surface area contributed by atoms with Crippen molar-refractivity contribution in [2.45, 2.75) is 32.7 Å². The van der Waals surface area contributed by atoms with Crippen LogP contribution in [0.15, 0.2) is 39.7 Å². The Balaban J connectivity index is 1.92. The quantitative estimate of drug-likeness (QED) is 0.597. The van der Waals surface area contributed by atoms with Crippen LogP contribution < -0.4 is 11.3 Å². The van der Waals surface area contributed by atoms with Crippen LogP contribution in [-0.4, -0.2) is 14.5 Å². The fourth-order valence-corrected chi connectivity index (χ4v) is 3.72. The van der Waals surface area contributed by atoms with E-state index in [-0.39, 0.29) is 11.6 Å². The molecule has 0 atom stereocenters. The van der Waals surface area contributed by atoms with Gasteiger partial charge in [0, 0.05) is 30.1 Å². The van der Waals surface area contributed by atoms with Gasteiger partial charge in [-0.3, -0.25) is 4.79 Å². The predicted octanol–water partition coefficient (Wildman–Crippen LogP) is 3.74. The number of anilines is 1. The number of nitrogens with zero attached hydrogens (tertiary/aromatic N) is 3. The van der Waals surface area contributed by atoms with Gasteiger partial charge in [-0.2, -0.15) is 0 Å². The molecule has 0 unspecified atom stereocenters. The third-order valence-electron chi connectivity index (χ3n) is 5.08. The van der Waals surface area contributed by atoms with Crippen molar-refractivity contribution in [1.82, 2.24) is 14.5 Å². The third kappa shape index (κ3) is 2.08. The van der Waals surface area contributed by atoms with Gasteiger partial charge in [0.1, 0.15) is 5.82 Å². The van der Waals surface area contributed by atoms with Crippen molar-refractivity contribution < 1.29 is 4.42 Å². The minimum atomic E-state index is -0.0671.